The lowest BCUT2D eigenvalue weighted by Gasteiger charge is -2.07. The second kappa shape index (κ2) is 6.19. The molecule has 0 unspecified atom stereocenters. The molecule has 0 aromatic carbocycles. The average molecular weight is 275 g/mol. The summed E-state index contributed by atoms with van der Waals surface area (Å²) >= 11 is 1.30. The van der Waals surface area contributed by atoms with Gasteiger partial charge in [0, 0.05) is 6.20 Å². The van der Waals surface area contributed by atoms with E-state index < -0.39 is 5.97 Å². The lowest BCUT2D eigenvalue weighted by molar-refractivity contribution is 0.0521. The van der Waals surface area contributed by atoms with Gasteiger partial charge in [0.05, 0.1) is 24.1 Å². The second-order valence-electron chi connectivity index (χ2n) is 3.61. The van der Waals surface area contributed by atoms with Gasteiger partial charge in [-0.2, -0.15) is 0 Å². The molecule has 2 N–H and O–H groups in total. The number of ether oxygens (including phenoxy) is 1. The van der Waals surface area contributed by atoms with Crippen molar-refractivity contribution < 1.29 is 9.53 Å². The molecule has 19 heavy (non-hydrogen) atoms. The minimum Gasteiger partial charge on any atom is -0.462 e. The fourth-order valence-corrected chi connectivity index (χ4v) is 2.23. The summed E-state index contributed by atoms with van der Waals surface area (Å²) in [4.78, 5) is 20.2. The molecule has 2 rings (SSSR count). The van der Waals surface area contributed by atoms with Gasteiger partial charge < -0.3 is 10.5 Å². The van der Waals surface area contributed by atoms with Crippen LogP contribution in [-0.4, -0.2) is 22.5 Å². The second-order valence-corrected chi connectivity index (χ2v) is 4.62. The van der Waals surface area contributed by atoms with Crippen LogP contribution in [0, 0.1) is 0 Å². The first-order valence-corrected chi connectivity index (χ1v) is 6.54. The Balaban J connectivity index is 2.32. The lowest BCUT2D eigenvalue weighted by atomic mass is 10.3. The number of carbonyl (C=O) groups excluding carboxylic acids is 1. The predicted octanol–water partition coefficient (Wildman–Crippen LogP) is 2.39. The van der Waals surface area contributed by atoms with Gasteiger partial charge in [-0.3, -0.25) is 0 Å². The first kappa shape index (κ1) is 13.4. The maximum atomic E-state index is 11.9. The Morgan fingerprint density at radius 1 is 1.42 bits per heavy atom. The molecule has 2 heterocycles. The zero-order valence-electron chi connectivity index (χ0n) is 10.4. The first-order valence-electron chi connectivity index (χ1n) is 5.72. The molecule has 0 saturated heterocycles. The largest absolute Gasteiger partial charge is 0.462 e. The summed E-state index contributed by atoms with van der Waals surface area (Å²) in [5, 5.41) is 1.29. The Kier molecular flexibility index (Phi) is 4.35. The van der Waals surface area contributed by atoms with Crippen molar-refractivity contribution in [3.8, 4) is 0 Å². The third-order valence-corrected chi connectivity index (χ3v) is 3.18. The van der Waals surface area contributed by atoms with Crippen molar-refractivity contribution in [3.63, 3.8) is 0 Å². The molecule has 0 spiro atoms. The quantitative estimate of drug-likeness (QED) is 0.863. The number of hydrogen-bond donors (Lipinski definition) is 1. The number of esters is 1. The van der Waals surface area contributed by atoms with E-state index in [0.717, 1.165) is 5.03 Å². The van der Waals surface area contributed by atoms with E-state index in [1.54, 1.807) is 19.2 Å². The zero-order valence-corrected chi connectivity index (χ0v) is 11.2. The number of anilines is 1. The molecule has 5 nitrogen and oxygen atoms in total. The molecule has 0 aliphatic rings. The van der Waals surface area contributed by atoms with Gasteiger partial charge in [0.15, 0.2) is 0 Å². The number of carbonyl (C=O) groups is 1. The molecule has 0 saturated carbocycles. The van der Waals surface area contributed by atoms with Gasteiger partial charge in [-0.05, 0) is 36.9 Å². The molecule has 0 amide bonds. The number of pyridine rings is 2. The molecule has 0 aliphatic heterocycles. The minimum atomic E-state index is -0.430. The summed E-state index contributed by atoms with van der Waals surface area (Å²) in [6.07, 6.45) is 3.19. The monoisotopic (exact) mass is 275 g/mol. The third kappa shape index (κ3) is 3.45. The molecular weight excluding hydrogens is 262 g/mol. The van der Waals surface area contributed by atoms with Gasteiger partial charge in [-0.1, -0.05) is 6.07 Å². The molecular formula is C13H13N3O2S. The first-order chi connectivity index (χ1) is 9.20. The van der Waals surface area contributed by atoms with Gasteiger partial charge in [0.25, 0.3) is 0 Å². The van der Waals surface area contributed by atoms with Gasteiger partial charge >= 0.3 is 5.97 Å². The van der Waals surface area contributed by atoms with E-state index in [4.69, 9.17) is 10.5 Å². The molecule has 0 aliphatic carbocycles. The van der Waals surface area contributed by atoms with Crippen molar-refractivity contribution >= 4 is 23.4 Å². The Morgan fingerprint density at radius 2 is 2.26 bits per heavy atom. The fraction of sp³-hybridized carbons (Fsp3) is 0.154. The Morgan fingerprint density at radius 3 is 2.95 bits per heavy atom. The molecule has 0 atom stereocenters. The molecule has 6 heteroatoms. The third-order valence-electron chi connectivity index (χ3n) is 2.21. The summed E-state index contributed by atoms with van der Waals surface area (Å²) in [5.74, 6) is -0.430. The van der Waals surface area contributed by atoms with E-state index in [2.05, 4.69) is 9.97 Å². The number of nitrogen functional groups attached to an aromatic ring is 1. The normalized spacial score (nSPS) is 10.2. The number of hydrogen-bond acceptors (Lipinski definition) is 6. The minimum absolute atomic E-state index is 0.307. The highest BCUT2D eigenvalue weighted by molar-refractivity contribution is 7.99. The van der Waals surface area contributed by atoms with Crippen molar-refractivity contribution in [3.05, 3.63) is 42.2 Å². The van der Waals surface area contributed by atoms with Crippen LogP contribution < -0.4 is 5.73 Å². The maximum absolute atomic E-state index is 11.9. The molecule has 0 radical (unpaired) electrons. The highest BCUT2D eigenvalue weighted by Gasteiger charge is 2.15. The molecule has 0 fully saturated rings. The van der Waals surface area contributed by atoms with Crippen LogP contribution in [-0.2, 0) is 4.74 Å². The van der Waals surface area contributed by atoms with Crippen LogP contribution in [0.4, 0.5) is 5.69 Å². The van der Waals surface area contributed by atoms with Crippen LogP contribution >= 0.6 is 11.8 Å². The highest BCUT2D eigenvalue weighted by atomic mass is 32.2. The van der Waals surface area contributed by atoms with Crippen molar-refractivity contribution in [1.82, 2.24) is 9.97 Å². The predicted molar refractivity (Wildman–Crippen MR) is 73.0 cm³/mol. The molecule has 0 bridgehead atoms. The summed E-state index contributed by atoms with van der Waals surface area (Å²) in [6.45, 7) is 2.06. The van der Waals surface area contributed by atoms with Crippen molar-refractivity contribution in [2.24, 2.45) is 0 Å². The molecule has 2 aromatic heterocycles. The van der Waals surface area contributed by atoms with Crippen LogP contribution in [0.2, 0.25) is 0 Å². The summed E-state index contributed by atoms with van der Waals surface area (Å²) in [5.41, 5.74) is 6.44. The van der Waals surface area contributed by atoms with E-state index in [-0.39, 0.29) is 0 Å². The Labute approximate surface area is 115 Å². The number of nitrogens with two attached hydrogens (primary N) is 1. The van der Waals surface area contributed by atoms with Crippen LogP contribution in [0.1, 0.15) is 17.3 Å². The summed E-state index contributed by atoms with van der Waals surface area (Å²) < 4.78 is 4.99. The molecule has 98 valence electrons. The van der Waals surface area contributed by atoms with E-state index >= 15 is 0 Å². The number of nitrogens with zero attached hydrogens (tertiary/aromatic N) is 2. The smallest absolute Gasteiger partial charge is 0.340 e. The van der Waals surface area contributed by atoms with Crippen molar-refractivity contribution in [1.29, 1.82) is 0 Å². The zero-order chi connectivity index (χ0) is 13.7. The standard InChI is InChI=1S/C13H13N3O2S/c1-2-18-13(17)10-7-9(14)8-16-12(10)19-11-5-3-4-6-15-11/h3-8H,2,14H2,1H3. The Bertz CT molecular complexity index is 575. The van der Waals surface area contributed by atoms with Crippen molar-refractivity contribution in [2.45, 2.75) is 17.0 Å². The van der Waals surface area contributed by atoms with Crippen LogP contribution in [0.25, 0.3) is 0 Å². The highest BCUT2D eigenvalue weighted by Crippen LogP contribution is 2.28. The van der Waals surface area contributed by atoms with Gasteiger partial charge in [0.2, 0.25) is 0 Å². The fourth-order valence-electron chi connectivity index (χ4n) is 1.41. The number of aromatic nitrogens is 2. The van der Waals surface area contributed by atoms with Crippen LogP contribution in [0.5, 0.6) is 0 Å². The number of rotatable bonds is 4. The van der Waals surface area contributed by atoms with Crippen LogP contribution in [0.15, 0.2) is 46.7 Å². The van der Waals surface area contributed by atoms with Gasteiger partial charge in [-0.25, -0.2) is 14.8 Å². The average Bonchev–Trinajstić information content (AvgIpc) is 2.42. The summed E-state index contributed by atoms with van der Waals surface area (Å²) in [6, 6.07) is 7.11. The lowest BCUT2D eigenvalue weighted by Crippen LogP contribution is -2.08. The summed E-state index contributed by atoms with van der Waals surface area (Å²) in [7, 11) is 0. The van der Waals surface area contributed by atoms with Gasteiger partial charge in [-0.15, -0.1) is 0 Å². The Hall–Kier alpha value is -2.08. The maximum Gasteiger partial charge on any atom is 0.340 e. The van der Waals surface area contributed by atoms with E-state index in [1.165, 1.54) is 18.0 Å². The topological polar surface area (TPSA) is 78.1 Å². The molecule has 2 aromatic rings. The van der Waals surface area contributed by atoms with E-state index in [0.29, 0.717) is 22.9 Å². The van der Waals surface area contributed by atoms with Crippen LogP contribution in [0.3, 0.4) is 0 Å². The van der Waals surface area contributed by atoms with E-state index in [9.17, 15) is 4.79 Å². The SMILES string of the molecule is CCOC(=O)c1cc(N)cnc1Sc1ccccn1. The van der Waals surface area contributed by atoms with Gasteiger partial charge in [0.1, 0.15) is 10.1 Å². The van der Waals surface area contributed by atoms with E-state index in [1.807, 2.05) is 18.2 Å². The van der Waals surface area contributed by atoms with Crippen molar-refractivity contribution in [2.75, 3.05) is 12.3 Å².